The number of benzene rings is 1. The van der Waals surface area contributed by atoms with Gasteiger partial charge in [-0.2, -0.15) is 0 Å². The fourth-order valence-corrected chi connectivity index (χ4v) is 5.10. The zero-order chi connectivity index (χ0) is 17.5. The normalized spacial score (nSPS) is 30.2. The molecule has 2 atom stereocenters. The van der Waals surface area contributed by atoms with Gasteiger partial charge in [-0.05, 0) is 79.9 Å². The second kappa shape index (κ2) is 9.64. The SMILES string of the molecule is CCC1CCC(c2ccc(OCCCC3CCCCC3C)cc2)CC1. The van der Waals surface area contributed by atoms with E-state index < -0.39 is 0 Å². The summed E-state index contributed by atoms with van der Waals surface area (Å²) in [7, 11) is 0. The zero-order valence-electron chi connectivity index (χ0n) is 16.5. The predicted molar refractivity (Wildman–Crippen MR) is 107 cm³/mol. The van der Waals surface area contributed by atoms with Crippen molar-refractivity contribution in [1.82, 2.24) is 0 Å². The Hall–Kier alpha value is -0.980. The summed E-state index contributed by atoms with van der Waals surface area (Å²) in [6.45, 7) is 5.66. The van der Waals surface area contributed by atoms with Crippen LogP contribution >= 0.6 is 0 Å². The van der Waals surface area contributed by atoms with E-state index in [0.717, 1.165) is 36.0 Å². The predicted octanol–water partition coefficient (Wildman–Crippen LogP) is 7.36. The number of hydrogen-bond acceptors (Lipinski definition) is 1. The van der Waals surface area contributed by atoms with E-state index in [0.29, 0.717) is 0 Å². The Kier molecular flexibility index (Phi) is 7.25. The second-order valence-corrected chi connectivity index (χ2v) is 8.71. The maximum atomic E-state index is 6.01. The van der Waals surface area contributed by atoms with Crippen LogP contribution in [0.1, 0.15) is 96.0 Å². The third-order valence-electron chi connectivity index (χ3n) is 7.05. The summed E-state index contributed by atoms with van der Waals surface area (Å²) in [5, 5.41) is 0. The largest absolute Gasteiger partial charge is 0.494 e. The summed E-state index contributed by atoms with van der Waals surface area (Å²) in [5.41, 5.74) is 1.53. The maximum absolute atomic E-state index is 6.01. The molecule has 1 aromatic carbocycles. The van der Waals surface area contributed by atoms with Gasteiger partial charge in [-0.3, -0.25) is 0 Å². The molecule has 2 fully saturated rings. The number of rotatable bonds is 7. The van der Waals surface area contributed by atoms with Crippen LogP contribution in [-0.4, -0.2) is 6.61 Å². The van der Waals surface area contributed by atoms with Crippen LogP contribution in [0.3, 0.4) is 0 Å². The van der Waals surface area contributed by atoms with Crippen LogP contribution in [0.4, 0.5) is 0 Å². The lowest BCUT2D eigenvalue weighted by Crippen LogP contribution is -2.17. The first kappa shape index (κ1) is 18.8. The van der Waals surface area contributed by atoms with Crippen molar-refractivity contribution in [1.29, 1.82) is 0 Å². The third kappa shape index (κ3) is 5.50. The molecule has 0 radical (unpaired) electrons. The molecule has 0 bridgehead atoms. The van der Waals surface area contributed by atoms with Crippen LogP contribution in [0.15, 0.2) is 24.3 Å². The van der Waals surface area contributed by atoms with Gasteiger partial charge in [-0.15, -0.1) is 0 Å². The van der Waals surface area contributed by atoms with E-state index in [9.17, 15) is 0 Å². The van der Waals surface area contributed by atoms with Crippen LogP contribution in [0, 0.1) is 17.8 Å². The smallest absolute Gasteiger partial charge is 0.119 e. The van der Waals surface area contributed by atoms with Crippen molar-refractivity contribution >= 4 is 0 Å². The first-order chi connectivity index (χ1) is 12.3. The first-order valence-electron chi connectivity index (χ1n) is 11.0. The van der Waals surface area contributed by atoms with E-state index in [1.165, 1.54) is 76.2 Å². The highest BCUT2D eigenvalue weighted by molar-refractivity contribution is 5.29. The highest BCUT2D eigenvalue weighted by Crippen LogP contribution is 2.37. The Morgan fingerprint density at radius 2 is 1.64 bits per heavy atom. The van der Waals surface area contributed by atoms with Crippen LogP contribution in [0.25, 0.3) is 0 Å². The summed E-state index contributed by atoms with van der Waals surface area (Å²) >= 11 is 0. The van der Waals surface area contributed by atoms with Gasteiger partial charge in [0.2, 0.25) is 0 Å². The molecule has 2 saturated carbocycles. The Morgan fingerprint density at radius 3 is 2.32 bits per heavy atom. The van der Waals surface area contributed by atoms with Gasteiger partial charge in [0, 0.05) is 0 Å². The Labute approximate surface area is 155 Å². The molecule has 0 aliphatic heterocycles. The molecule has 2 aliphatic rings. The van der Waals surface area contributed by atoms with E-state index in [1.54, 1.807) is 0 Å². The van der Waals surface area contributed by atoms with Gasteiger partial charge < -0.3 is 4.74 Å². The molecule has 0 heterocycles. The average Bonchev–Trinajstić information content (AvgIpc) is 2.67. The molecule has 1 heteroatoms. The first-order valence-corrected chi connectivity index (χ1v) is 11.0. The fraction of sp³-hybridized carbons (Fsp3) is 0.750. The molecule has 2 aliphatic carbocycles. The lowest BCUT2D eigenvalue weighted by atomic mass is 9.78. The fourth-order valence-electron chi connectivity index (χ4n) is 5.10. The second-order valence-electron chi connectivity index (χ2n) is 8.71. The van der Waals surface area contributed by atoms with Gasteiger partial charge in [0.25, 0.3) is 0 Å². The topological polar surface area (TPSA) is 9.23 Å². The molecule has 140 valence electrons. The van der Waals surface area contributed by atoms with Crippen molar-refractivity contribution in [2.75, 3.05) is 6.61 Å². The van der Waals surface area contributed by atoms with Crippen molar-refractivity contribution in [3.63, 3.8) is 0 Å². The summed E-state index contributed by atoms with van der Waals surface area (Å²) in [6.07, 6.45) is 15.3. The van der Waals surface area contributed by atoms with E-state index in [2.05, 4.69) is 38.1 Å². The minimum absolute atomic E-state index is 0.782. The minimum Gasteiger partial charge on any atom is -0.494 e. The third-order valence-corrected chi connectivity index (χ3v) is 7.05. The molecule has 0 saturated heterocycles. The monoisotopic (exact) mass is 342 g/mol. The van der Waals surface area contributed by atoms with Crippen LogP contribution in [-0.2, 0) is 0 Å². The highest BCUT2D eigenvalue weighted by Gasteiger charge is 2.22. The van der Waals surface area contributed by atoms with Gasteiger partial charge in [0.1, 0.15) is 5.75 Å². The Morgan fingerprint density at radius 1 is 0.920 bits per heavy atom. The summed E-state index contributed by atoms with van der Waals surface area (Å²) in [4.78, 5) is 0. The summed E-state index contributed by atoms with van der Waals surface area (Å²) in [6, 6.07) is 9.03. The maximum Gasteiger partial charge on any atom is 0.119 e. The molecule has 0 aromatic heterocycles. The van der Waals surface area contributed by atoms with Crippen molar-refractivity contribution in [2.45, 2.75) is 90.4 Å². The van der Waals surface area contributed by atoms with Crippen molar-refractivity contribution < 1.29 is 4.74 Å². The molecule has 0 spiro atoms. The van der Waals surface area contributed by atoms with Crippen molar-refractivity contribution in [3.05, 3.63) is 29.8 Å². The molecule has 0 amide bonds. The minimum atomic E-state index is 0.782. The van der Waals surface area contributed by atoms with Crippen molar-refractivity contribution in [3.8, 4) is 5.75 Å². The van der Waals surface area contributed by atoms with Crippen LogP contribution < -0.4 is 4.74 Å². The van der Waals surface area contributed by atoms with Gasteiger partial charge in [0.05, 0.1) is 6.61 Å². The van der Waals surface area contributed by atoms with Crippen LogP contribution in [0.5, 0.6) is 5.75 Å². The summed E-state index contributed by atoms with van der Waals surface area (Å²) in [5.74, 6) is 4.69. The standard InChI is InChI=1S/C24H38O/c1-3-20-10-12-22(13-11-20)23-14-16-24(17-15-23)25-18-6-9-21-8-5-4-7-19(21)2/h14-17,19-22H,3-13,18H2,1-2H3. The summed E-state index contributed by atoms with van der Waals surface area (Å²) < 4.78 is 6.01. The Balaban J connectivity index is 1.38. The van der Waals surface area contributed by atoms with E-state index >= 15 is 0 Å². The number of hydrogen-bond donors (Lipinski definition) is 0. The molecule has 0 N–H and O–H groups in total. The molecular weight excluding hydrogens is 304 g/mol. The number of ether oxygens (including phenoxy) is 1. The molecular formula is C24H38O. The van der Waals surface area contributed by atoms with Crippen molar-refractivity contribution in [2.24, 2.45) is 17.8 Å². The quantitative estimate of drug-likeness (QED) is 0.470. The molecule has 2 unspecified atom stereocenters. The van der Waals surface area contributed by atoms with Gasteiger partial charge in [-0.25, -0.2) is 0 Å². The van der Waals surface area contributed by atoms with E-state index in [4.69, 9.17) is 4.74 Å². The Bertz CT molecular complexity index is 483. The molecule has 1 aromatic rings. The van der Waals surface area contributed by atoms with Gasteiger partial charge >= 0.3 is 0 Å². The molecule has 25 heavy (non-hydrogen) atoms. The van der Waals surface area contributed by atoms with Gasteiger partial charge in [0.15, 0.2) is 0 Å². The zero-order valence-corrected chi connectivity index (χ0v) is 16.5. The average molecular weight is 343 g/mol. The molecule has 3 rings (SSSR count). The lowest BCUT2D eigenvalue weighted by Gasteiger charge is -2.28. The van der Waals surface area contributed by atoms with E-state index in [-0.39, 0.29) is 0 Å². The lowest BCUT2D eigenvalue weighted by molar-refractivity contribution is 0.217. The molecule has 1 nitrogen and oxygen atoms in total. The van der Waals surface area contributed by atoms with E-state index in [1.807, 2.05) is 0 Å². The highest BCUT2D eigenvalue weighted by atomic mass is 16.5. The van der Waals surface area contributed by atoms with Crippen LogP contribution in [0.2, 0.25) is 0 Å². The van der Waals surface area contributed by atoms with Gasteiger partial charge in [-0.1, -0.05) is 58.1 Å².